The first-order chi connectivity index (χ1) is 49.6. The molecule has 0 fully saturated rings. The van der Waals surface area contributed by atoms with Gasteiger partial charge >= 0.3 is 0 Å². The van der Waals surface area contributed by atoms with Crippen molar-refractivity contribution in [1.29, 1.82) is 0 Å². The minimum atomic E-state index is -0.770. The lowest BCUT2D eigenvalue weighted by Gasteiger charge is -2.31. The zero-order valence-electron chi connectivity index (χ0n) is 59.4. The van der Waals surface area contributed by atoms with E-state index in [1.807, 2.05) is 267 Å². The number of halogens is 2. The second-order valence-electron chi connectivity index (χ2n) is 22.7. The Labute approximate surface area is 548 Å². The fourth-order valence-corrected chi connectivity index (χ4v) is 13.0. The van der Waals surface area contributed by atoms with E-state index in [1.165, 1.54) is 21.9 Å². The summed E-state index contributed by atoms with van der Waals surface area (Å²) < 4.78 is 132. The second kappa shape index (κ2) is 23.8. The summed E-state index contributed by atoms with van der Waals surface area (Å²) in [6, 6.07) is 85.2. The molecule has 0 heterocycles. The van der Waals surface area contributed by atoms with Crippen molar-refractivity contribution in [3.05, 3.63) is 363 Å². The van der Waals surface area contributed by atoms with Gasteiger partial charge in [0.1, 0.15) is 11.6 Å². The molecule has 16 aromatic rings. The van der Waals surface area contributed by atoms with Gasteiger partial charge in [-0.3, -0.25) is 0 Å². The summed E-state index contributed by atoms with van der Waals surface area (Å²) >= 11 is 0. The molecule has 0 aliphatic rings. The molecule has 0 amide bonds. The zero-order chi connectivity index (χ0) is 70.2. The molecule has 16 rings (SSSR count). The van der Waals surface area contributed by atoms with Gasteiger partial charge in [0.05, 0.1) is 36.5 Å². The van der Waals surface area contributed by atoms with E-state index in [4.69, 9.17) is 2.74 Å². The fraction of sp³-hybridized carbons (Fsp3) is 0. The van der Waals surface area contributed by atoms with Crippen LogP contribution in [0.15, 0.2) is 352 Å². The van der Waals surface area contributed by atoms with Crippen LogP contribution in [-0.2, 0) is 0 Å². The molecule has 0 N–H and O–H groups in total. The molecule has 0 unspecified atom stereocenters. The molecule has 0 radical (unpaired) electrons. The molecule has 0 saturated heterocycles. The fourth-order valence-electron chi connectivity index (χ4n) is 13.0. The average Bonchev–Trinajstić information content (AvgIpc) is 0.712. The maximum atomic E-state index is 19.0. The number of para-hydroxylation sites is 2. The van der Waals surface area contributed by atoms with Crippen LogP contribution in [0.3, 0.4) is 0 Å². The van der Waals surface area contributed by atoms with Gasteiger partial charge in [-0.25, -0.2) is 8.78 Å². The lowest BCUT2D eigenvalue weighted by Crippen LogP contribution is -2.14. The van der Waals surface area contributed by atoms with Crippen molar-refractivity contribution in [1.82, 2.24) is 0 Å². The molecule has 0 aromatic heterocycles. The summed E-state index contributed by atoms with van der Waals surface area (Å²) in [4.78, 5) is 2.89. The Morgan fingerprint density at radius 3 is 0.859 bits per heavy atom. The highest BCUT2D eigenvalue weighted by Crippen LogP contribution is 2.52. The highest BCUT2D eigenvalue weighted by Gasteiger charge is 2.29. The van der Waals surface area contributed by atoms with Crippen molar-refractivity contribution in [2.45, 2.75) is 0 Å². The van der Waals surface area contributed by atoms with Gasteiger partial charge in [0.15, 0.2) is 0 Å². The average molecular weight is 1190 g/mol. The van der Waals surface area contributed by atoms with E-state index in [1.54, 1.807) is 12.1 Å². The summed E-state index contributed by atoms with van der Waals surface area (Å²) in [5.74, 6) is -1.54. The van der Waals surface area contributed by atoms with Crippen LogP contribution in [0.25, 0.3) is 121 Å². The highest BCUT2D eigenvalue weighted by molar-refractivity contribution is 6.28. The third-order valence-corrected chi connectivity index (χ3v) is 17.3. The largest absolute Gasteiger partial charge is 0.307 e. The van der Waals surface area contributed by atoms with Gasteiger partial charge in [-0.1, -0.05) is 267 Å². The van der Waals surface area contributed by atoms with Gasteiger partial charge < -0.3 is 9.80 Å². The lowest BCUT2D eigenvalue weighted by molar-refractivity contribution is 0.629. The molecule has 434 valence electrons. The van der Waals surface area contributed by atoms with Crippen molar-refractivity contribution >= 4 is 66.4 Å². The molecule has 2 nitrogen and oxygen atoms in total. The lowest BCUT2D eigenvalue weighted by atomic mass is 9.90. The maximum Gasteiger partial charge on any atom is 0.148 e. The van der Waals surface area contributed by atoms with Crippen LogP contribution in [0.4, 0.5) is 42.9 Å². The van der Waals surface area contributed by atoms with Crippen molar-refractivity contribution in [2.24, 2.45) is 0 Å². The molecular weight excluding hydrogens is 1120 g/mol. The Balaban J connectivity index is 0.976. The van der Waals surface area contributed by atoms with Crippen molar-refractivity contribution in [2.75, 3.05) is 9.80 Å². The number of nitrogens with zero attached hydrogens (tertiary/aromatic N) is 2. The Bertz CT molecular complexity index is 5570. The van der Waals surface area contributed by atoms with Gasteiger partial charge in [0, 0.05) is 33.3 Å². The standard InChI is InChI=1S/C88H58F2N2/c89-81-57-73(69-35-19-31-65(51-69)59-23-7-1-8-24-59)55-79(71-37-21-33-67(53-71)61-27-11-3-12-28-61)87(81)91(75-39-15-5-16-40-75)83-49-45-63-44-48-78-84(50-46-64-43-47-77(83)85(63)86(64)78)92(76-41-17-6-18-42-76)88-80(72-38-22-34-68(54-72)62-29-13-4-14-30-62)56-74(58-82(88)90)70-36-20-32-66(52-70)60-25-9-2-10-26-60/h1-58H/i5D,6D,15D,16D,17D,18D,39D,40D,41D,42D. The normalized spacial score (nSPS) is 12.9. The Morgan fingerprint density at radius 2 is 0.522 bits per heavy atom. The van der Waals surface area contributed by atoms with Crippen molar-refractivity contribution in [3.63, 3.8) is 0 Å². The van der Waals surface area contributed by atoms with Gasteiger partial charge in [-0.2, -0.15) is 0 Å². The van der Waals surface area contributed by atoms with Crippen LogP contribution >= 0.6 is 0 Å². The zero-order valence-corrected chi connectivity index (χ0v) is 49.4. The van der Waals surface area contributed by atoms with Crippen LogP contribution in [0.5, 0.6) is 0 Å². The Kier molecular flexibility index (Phi) is 11.7. The first-order valence-corrected chi connectivity index (χ1v) is 30.3. The Hall–Kier alpha value is -12.0. The van der Waals surface area contributed by atoms with E-state index in [-0.39, 0.29) is 34.1 Å². The van der Waals surface area contributed by atoms with Crippen molar-refractivity contribution < 1.29 is 22.5 Å². The van der Waals surface area contributed by atoms with Crippen LogP contribution in [0.2, 0.25) is 0 Å². The topological polar surface area (TPSA) is 6.48 Å². The quantitative estimate of drug-likeness (QED) is 0.100. The summed E-state index contributed by atoms with van der Waals surface area (Å²) in [6.45, 7) is 0. The van der Waals surface area contributed by atoms with E-state index in [9.17, 15) is 11.0 Å². The number of rotatable bonds is 14. The monoisotopic (exact) mass is 1190 g/mol. The number of hydrogen-bond donors (Lipinski definition) is 0. The van der Waals surface area contributed by atoms with Crippen molar-refractivity contribution in [3.8, 4) is 89.0 Å². The summed E-state index contributed by atoms with van der Waals surface area (Å²) in [5, 5.41) is 3.43. The highest BCUT2D eigenvalue weighted by atomic mass is 19.1. The van der Waals surface area contributed by atoms with Crippen LogP contribution in [-0.4, -0.2) is 0 Å². The molecule has 0 bridgehead atoms. The SMILES string of the molecule is [2H]c1c([2H])c([2H])c(N(c2c(F)cc(-c3cccc(-c4ccccc4)c3)cc2-c2cccc(-c3ccccc3)c2)c2ccc3ccc4c(N(c5c(F)cc(-c6cccc(-c7ccccc7)c6)cc5-c5cccc(-c6ccccc6)c5)c5c([2H])c([2H])c([2H])c([2H])c5[2H])ccc5ccc2c3c54)c([2H])c1[2H]. The molecule has 4 heteroatoms. The van der Waals surface area contributed by atoms with Gasteiger partial charge in [-0.05, 0) is 184 Å². The molecule has 0 atom stereocenters. The summed E-state index contributed by atoms with van der Waals surface area (Å²) in [6.07, 6.45) is 0. The third-order valence-electron chi connectivity index (χ3n) is 17.3. The van der Waals surface area contributed by atoms with E-state index in [0.29, 0.717) is 76.8 Å². The number of hydrogen-bond acceptors (Lipinski definition) is 2. The van der Waals surface area contributed by atoms with E-state index in [2.05, 4.69) is 0 Å². The van der Waals surface area contributed by atoms with Gasteiger partial charge in [0.25, 0.3) is 0 Å². The summed E-state index contributed by atoms with van der Waals surface area (Å²) in [5.41, 5.74) is 11.0. The van der Waals surface area contributed by atoms with E-state index < -0.39 is 72.1 Å². The van der Waals surface area contributed by atoms with Crippen LogP contribution in [0, 0.1) is 11.6 Å². The molecule has 16 aromatic carbocycles. The minimum absolute atomic E-state index is 0.112. The Morgan fingerprint density at radius 1 is 0.239 bits per heavy atom. The molecular formula is C88H58F2N2. The smallest absolute Gasteiger partial charge is 0.148 e. The predicted molar refractivity (Wildman–Crippen MR) is 383 cm³/mol. The maximum absolute atomic E-state index is 19.0. The number of anilines is 6. The van der Waals surface area contributed by atoms with E-state index >= 15 is 8.78 Å². The number of benzene rings is 16. The first kappa shape index (κ1) is 45.3. The molecule has 92 heavy (non-hydrogen) atoms. The van der Waals surface area contributed by atoms with Gasteiger partial charge in [-0.15, -0.1) is 0 Å². The van der Waals surface area contributed by atoms with Crippen LogP contribution in [0.1, 0.15) is 13.7 Å². The first-order valence-electron chi connectivity index (χ1n) is 35.3. The minimum Gasteiger partial charge on any atom is -0.307 e. The molecule has 0 aliphatic carbocycles. The molecule has 0 saturated carbocycles. The second-order valence-corrected chi connectivity index (χ2v) is 22.7. The molecule has 0 spiro atoms. The van der Waals surface area contributed by atoms with Crippen LogP contribution < -0.4 is 9.80 Å². The summed E-state index contributed by atoms with van der Waals surface area (Å²) in [7, 11) is 0. The van der Waals surface area contributed by atoms with Gasteiger partial charge in [0.2, 0.25) is 0 Å². The van der Waals surface area contributed by atoms with E-state index in [0.717, 1.165) is 44.5 Å². The third kappa shape index (κ3) is 10.3. The predicted octanol–water partition coefficient (Wildman–Crippen LogP) is 25.1. The molecule has 0 aliphatic heterocycles.